The van der Waals surface area contributed by atoms with Gasteiger partial charge in [0.1, 0.15) is 0 Å². The van der Waals surface area contributed by atoms with Crippen molar-refractivity contribution < 1.29 is 14.7 Å². The van der Waals surface area contributed by atoms with Crippen LogP contribution in [-0.2, 0) is 9.59 Å². The molecular formula is C10H15NO3. The van der Waals surface area contributed by atoms with Crippen LogP contribution in [0.15, 0.2) is 11.1 Å². The van der Waals surface area contributed by atoms with Gasteiger partial charge in [0, 0.05) is 16.7 Å². The highest BCUT2D eigenvalue weighted by molar-refractivity contribution is 6.01. The minimum Gasteiger partial charge on any atom is -0.478 e. The third-order valence-electron chi connectivity index (χ3n) is 2.64. The van der Waals surface area contributed by atoms with Gasteiger partial charge in [-0.1, -0.05) is 0 Å². The summed E-state index contributed by atoms with van der Waals surface area (Å²) in [7, 11) is 0. The molecular weight excluding hydrogens is 182 g/mol. The van der Waals surface area contributed by atoms with Gasteiger partial charge in [-0.2, -0.15) is 0 Å². The second kappa shape index (κ2) is 3.44. The van der Waals surface area contributed by atoms with Gasteiger partial charge in [-0.3, -0.25) is 4.79 Å². The number of rotatable bonds is 3. The number of carboxylic acids is 1. The fourth-order valence-corrected chi connectivity index (χ4v) is 1.01. The molecule has 0 aromatic carbocycles. The van der Waals surface area contributed by atoms with Crippen LogP contribution < -0.4 is 5.32 Å². The molecule has 2 N–H and O–H groups in total. The minimum atomic E-state index is -1.04. The van der Waals surface area contributed by atoms with Gasteiger partial charge < -0.3 is 10.4 Å². The molecule has 4 nitrogen and oxygen atoms in total. The first-order chi connectivity index (χ1) is 6.36. The summed E-state index contributed by atoms with van der Waals surface area (Å²) >= 11 is 0. The minimum absolute atomic E-state index is 0.100. The van der Waals surface area contributed by atoms with E-state index in [1.807, 2.05) is 6.92 Å². The Morgan fingerprint density at radius 1 is 1.21 bits per heavy atom. The summed E-state index contributed by atoms with van der Waals surface area (Å²) in [6, 6.07) is 0. The number of amides is 1. The summed E-state index contributed by atoms with van der Waals surface area (Å²) in [5.41, 5.74) is 0.286. The maximum atomic E-state index is 11.5. The zero-order valence-corrected chi connectivity index (χ0v) is 8.68. The van der Waals surface area contributed by atoms with Crippen molar-refractivity contribution in [3.05, 3.63) is 11.1 Å². The highest BCUT2D eigenvalue weighted by Gasteiger charge is 2.39. The Kier molecular flexibility index (Phi) is 2.64. The number of carbonyl (C=O) groups excluding carboxylic acids is 1. The molecule has 0 unspecified atom stereocenters. The predicted molar refractivity (Wildman–Crippen MR) is 51.8 cm³/mol. The smallest absolute Gasteiger partial charge is 0.331 e. The number of nitrogens with one attached hydrogen (secondary N) is 1. The third-order valence-corrected chi connectivity index (χ3v) is 2.64. The average molecular weight is 197 g/mol. The Morgan fingerprint density at radius 3 is 2.07 bits per heavy atom. The van der Waals surface area contributed by atoms with E-state index in [0.717, 1.165) is 12.8 Å². The van der Waals surface area contributed by atoms with E-state index in [9.17, 15) is 9.59 Å². The molecule has 1 fully saturated rings. The van der Waals surface area contributed by atoms with Gasteiger partial charge >= 0.3 is 5.97 Å². The number of hydrogen-bond acceptors (Lipinski definition) is 2. The molecule has 1 amide bonds. The van der Waals surface area contributed by atoms with E-state index >= 15 is 0 Å². The third kappa shape index (κ3) is 2.34. The Bertz CT molecular complexity index is 313. The molecule has 0 radical (unpaired) electrons. The van der Waals surface area contributed by atoms with E-state index in [2.05, 4.69) is 5.32 Å². The first kappa shape index (κ1) is 10.8. The fourth-order valence-electron chi connectivity index (χ4n) is 1.01. The van der Waals surface area contributed by atoms with Crippen molar-refractivity contribution in [2.45, 2.75) is 39.2 Å². The van der Waals surface area contributed by atoms with Crippen LogP contribution in [0.5, 0.6) is 0 Å². The second-order valence-corrected chi connectivity index (χ2v) is 4.07. The van der Waals surface area contributed by atoms with Crippen molar-refractivity contribution in [2.75, 3.05) is 0 Å². The Labute approximate surface area is 83.0 Å². The normalized spacial score (nSPS) is 19.6. The van der Waals surface area contributed by atoms with Crippen molar-refractivity contribution in [3.63, 3.8) is 0 Å². The first-order valence-corrected chi connectivity index (χ1v) is 4.59. The van der Waals surface area contributed by atoms with Crippen LogP contribution in [0, 0.1) is 0 Å². The summed E-state index contributed by atoms with van der Waals surface area (Å²) in [6.45, 7) is 4.92. The Morgan fingerprint density at radius 2 is 1.71 bits per heavy atom. The molecule has 0 bridgehead atoms. The van der Waals surface area contributed by atoms with Crippen LogP contribution in [-0.4, -0.2) is 22.5 Å². The van der Waals surface area contributed by atoms with E-state index < -0.39 is 5.97 Å². The summed E-state index contributed by atoms with van der Waals surface area (Å²) in [5, 5.41) is 11.5. The van der Waals surface area contributed by atoms with E-state index in [0.29, 0.717) is 0 Å². The lowest BCUT2D eigenvalue weighted by Crippen LogP contribution is -2.35. The lowest BCUT2D eigenvalue weighted by atomic mass is 10.1. The van der Waals surface area contributed by atoms with Crippen molar-refractivity contribution in [3.8, 4) is 0 Å². The number of hydrogen-bond donors (Lipinski definition) is 2. The quantitative estimate of drug-likeness (QED) is 0.665. The maximum Gasteiger partial charge on any atom is 0.331 e. The number of aliphatic carboxylic acids is 1. The lowest BCUT2D eigenvalue weighted by molar-refractivity contribution is -0.133. The molecule has 1 aliphatic carbocycles. The molecule has 1 rings (SSSR count). The summed E-state index contributed by atoms with van der Waals surface area (Å²) in [6.07, 6.45) is 1.94. The van der Waals surface area contributed by atoms with Crippen LogP contribution in [0.1, 0.15) is 33.6 Å². The molecule has 1 saturated carbocycles. The second-order valence-electron chi connectivity index (χ2n) is 4.07. The molecule has 0 aromatic rings. The van der Waals surface area contributed by atoms with Gasteiger partial charge in [0.2, 0.25) is 5.91 Å². The van der Waals surface area contributed by atoms with Crippen molar-refractivity contribution in [1.82, 2.24) is 5.32 Å². The first-order valence-electron chi connectivity index (χ1n) is 4.59. The number of carboxylic acid groups (broad SMARTS) is 1. The zero-order chi connectivity index (χ0) is 10.9. The van der Waals surface area contributed by atoms with Crippen LogP contribution in [0.25, 0.3) is 0 Å². The molecule has 0 spiro atoms. The highest BCUT2D eigenvalue weighted by atomic mass is 16.4. The molecule has 0 aromatic heterocycles. The van der Waals surface area contributed by atoms with E-state index in [1.165, 1.54) is 13.8 Å². The standard InChI is InChI=1S/C10H15NO3/c1-6(7(2)9(13)14)8(12)11-10(3)4-5-10/h4-5H2,1-3H3,(H,11,12)(H,13,14). The molecule has 78 valence electrons. The van der Waals surface area contributed by atoms with Crippen molar-refractivity contribution in [1.29, 1.82) is 0 Å². The summed E-state index contributed by atoms with van der Waals surface area (Å²) in [4.78, 5) is 22.1. The van der Waals surface area contributed by atoms with Crippen LogP contribution in [0.2, 0.25) is 0 Å². The van der Waals surface area contributed by atoms with Gasteiger partial charge in [0.25, 0.3) is 0 Å². The van der Waals surface area contributed by atoms with Gasteiger partial charge in [-0.15, -0.1) is 0 Å². The molecule has 4 heteroatoms. The zero-order valence-electron chi connectivity index (χ0n) is 8.68. The summed E-state index contributed by atoms with van der Waals surface area (Å²) < 4.78 is 0. The maximum absolute atomic E-state index is 11.5. The summed E-state index contributed by atoms with van der Waals surface area (Å²) in [5.74, 6) is -1.32. The van der Waals surface area contributed by atoms with Gasteiger partial charge in [-0.25, -0.2) is 4.79 Å². The van der Waals surface area contributed by atoms with Crippen molar-refractivity contribution >= 4 is 11.9 Å². The van der Waals surface area contributed by atoms with Gasteiger partial charge in [0.05, 0.1) is 0 Å². The van der Waals surface area contributed by atoms with Crippen LogP contribution >= 0.6 is 0 Å². The molecule has 14 heavy (non-hydrogen) atoms. The van der Waals surface area contributed by atoms with Gasteiger partial charge in [-0.05, 0) is 33.6 Å². The largest absolute Gasteiger partial charge is 0.478 e. The molecule has 0 heterocycles. The monoisotopic (exact) mass is 197 g/mol. The van der Waals surface area contributed by atoms with Gasteiger partial charge in [0.15, 0.2) is 0 Å². The topological polar surface area (TPSA) is 66.4 Å². The Hall–Kier alpha value is -1.32. The SMILES string of the molecule is CC(C(=O)O)=C(C)C(=O)NC1(C)CC1. The molecule has 0 saturated heterocycles. The fraction of sp³-hybridized carbons (Fsp3) is 0.600. The highest BCUT2D eigenvalue weighted by Crippen LogP contribution is 2.34. The Balaban J connectivity index is 2.69. The van der Waals surface area contributed by atoms with Crippen molar-refractivity contribution in [2.24, 2.45) is 0 Å². The van der Waals surface area contributed by atoms with E-state index in [1.54, 1.807) is 0 Å². The lowest BCUT2D eigenvalue weighted by Gasteiger charge is -2.12. The molecule has 0 atom stereocenters. The van der Waals surface area contributed by atoms with Crippen LogP contribution in [0.3, 0.4) is 0 Å². The molecule has 1 aliphatic rings. The molecule has 0 aliphatic heterocycles. The average Bonchev–Trinajstić information content (AvgIpc) is 2.80. The van der Waals surface area contributed by atoms with E-state index in [4.69, 9.17) is 5.11 Å². The number of carbonyl (C=O) groups is 2. The van der Waals surface area contributed by atoms with E-state index in [-0.39, 0.29) is 22.6 Å². The predicted octanol–water partition coefficient (Wildman–Crippen LogP) is 1.08. The van der Waals surface area contributed by atoms with Crippen LogP contribution in [0.4, 0.5) is 0 Å².